The molecule has 4 unspecified atom stereocenters. The maximum absolute atomic E-state index is 13.8. The molecule has 3 aliphatic carbocycles. The van der Waals surface area contributed by atoms with Crippen LogP contribution in [0.1, 0.15) is 86.0 Å². The van der Waals surface area contributed by atoms with E-state index in [2.05, 4.69) is 6.58 Å². The number of rotatable bonds is 5. The van der Waals surface area contributed by atoms with E-state index in [-0.39, 0.29) is 13.0 Å². The Morgan fingerprint density at radius 1 is 1.14 bits per heavy atom. The smallest absolute Gasteiger partial charge is 0.320 e. The highest BCUT2D eigenvalue weighted by Gasteiger charge is 2.81. The minimum absolute atomic E-state index is 0.0748. The second-order valence-corrected chi connectivity index (χ2v) is 13.4. The summed E-state index contributed by atoms with van der Waals surface area (Å²) in [7, 11) is 1.92. The molecule has 8 heteroatoms. The van der Waals surface area contributed by atoms with Gasteiger partial charge in [-0.3, -0.25) is 14.5 Å². The lowest BCUT2D eigenvalue weighted by Crippen LogP contribution is -2.86. The van der Waals surface area contributed by atoms with Crippen LogP contribution in [0.3, 0.4) is 0 Å². The van der Waals surface area contributed by atoms with E-state index in [4.69, 9.17) is 9.47 Å². The number of hydrogen-bond acceptors (Lipinski definition) is 8. The van der Waals surface area contributed by atoms with Gasteiger partial charge in [-0.25, -0.2) is 0 Å². The van der Waals surface area contributed by atoms with E-state index < -0.39 is 63.6 Å². The van der Waals surface area contributed by atoms with Crippen LogP contribution in [0.2, 0.25) is 0 Å². The third kappa shape index (κ3) is 4.13. The van der Waals surface area contributed by atoms with Gasteiger partial charge in [-0.05, 0) is 52.0 Å². The van der Waals surface area contributed by atoms with Crippen molar-refractivity contribution in [2.75, 3.05) is 13.6 Å². The number of ether oxygens (including phenoxy) is 2. The number of carbonyl (C=O) groups is 2. The molecule has 0 spiro atoms. The number of nitrogens with zero attached hydrogens (tertiary/aromatic N) is 1. The Bertz CT molecular complexity index is 931. The summed E-state index contributed by atoms with van der Waals surface area (Å²) in [6.07, 6.45) is 4.23. The van der Waals surface area contributed by atoms with Crippen LogP contribution < -0.4 is 0 Å². The van der Waals surface area contributed by atoms with Gasteiger partial charge in [0.2, 0.25) is 0 Å². The van der Waals surface area contributed by atoms with Gasteiger partial charge in [0.1, 0.15) is 17.8 Å². The van der Waals surface area contributed by atoms with Crippen LogP contribution in [0.15, 0.2) is 12.7 Å². The molecule has 210 valence electrons. The van der Waals surface area contributed by atoms with E-state index >= 15 is 0 Å². The van der Waals surface area contributed by atoms with Gasteiger partial charge in [-0.1, -0.05) is 46.1 Å². The van der Waals surface area contributed by atoms with Gasteiger partial charge in [0.05, 0.1) is 18.2 Å². The van der Waals surface area contributed by atoms with Crippen LogP contribution in [0.4, 0.5) is 0 Å². The molecular formula is C29H47NO7. The first-order valence-corrected chi connectivity index (χ1v) is 13.9. The number of esters is 1. The van der Waals surface area contributed by atoms with Crippen LogP contribution in [0, 0.1) is 16.7 Å². The van der Waals surface area contributed by atoms with Crippen molar-refractivity contribution in [1.29, 1.82) is 0 Å². The summed E-state index contributed by atoms with van der Waals surface area (Å²) in [6.45, 7) is 12.7. The van der Waals surface area contributed by atoms with E-state index in [1.807, 2.05) is 25.8 Å². The molecule has 4 aliphatic rings. The summed E-state index contributed by atoms with van der Waals surface area (Å²) in [5.74, 6) is -1.67. The maximum atomic E-state index is 13.8. The zero-order valence-corrected chi connectivity index (χ0v) is 23.5. The summed E-state index contributed by atoms with van der Waals surface area (Å²) in [5.41, 5.74) is -7.15. The van der Waals surface area contributed by atoms with Crippen molar-refractivity contribution < 1.29 is 34.4 Å². The largest absolute Gasteiger partial charge is 0.458 e. The topological polar surface area (TPSA) is 117 Å². The van der Waals surface area contributed by atoms with Gasteiger partial charge in [0.25, 0.3) is 0 Å². The SMILES string of the molecule is C=C[C@@]1(C)CC(=O)[C@]2(O)C3(C)C(C(OC(=O)CN(C)C4CCCCC4)C(O)[C@@]2(C)O1)C(C)(C)CC[C@@H]3O. The molecule has 4 fully saturated rings. The predicted molar refractivity (Wildman–Crippen MR) is 139 cm³/mol. The number of aliphatic hydroxyl groups is 3. The van der Waals surface area contributed by atoms with Crippen molar-refractivity contribution in [2.24, 2.45) is 16.7 Å². The molecule has 1 aliphatic heterocycles. The fraction of sp³-hybridized carbons (Fsp3) is 0.862. The van der Waals surface area contributed by atoms with Crippen LogP contribution >= 0.6 is 0 Å². The van der Waals surface area contributed by atoms with E-state index in [0.29, 0.717) is 18.9 Å². The van der Waals surface area contributed by atoms with E-state index in [0.717, 1.165) is 25.7 Å². The van der Waals surface area contributed by atoms with Crippen molar-refractivity contribution >= 4 is 11.8 Å². The molecule has 1 heterocycles. The molecule has 1 saturated heterocycles. The molecule has 0 aromatic carbocycles. The Kier molecular flexibility index (Phi) is 7.29. The highest BCUT2D eigenvalue weighted by atomic mass is 16.6. The quantitative estimate of drug-likeness (QED) is 0.374. The van der Waals surface area contributed by atoms with Crippen LogP contribution in [0.5, 0.6) is 0 Å². The minimum Gasteiger partial charge on any atom is -0.458 e. The van der Waals surface area contributed by atoms with Gasteiger partial charge in [-0.15, -0.1) is 6.58 Å². The van der Waals surface area contributed by atoms with Gasteiger partial charge in [-0.2, -0.15) is 0 Å². The van der Waals surface area contributed by atoms with Crippen molar-refractivity contribution in [3.63, 3.8) is 0 Å². The molecule has 8 atom stereocenters. The fourth-order valence-electron chi connectivity index (χ4n) is 8.45. The molecule has 0 radical (unpaired) electrons. The summed E-state index contributed by atoms with van der Waals surface area (Å²) < 4.78 is 12.5. The van der Waals surface area contributed by atoms with E-state index in [1.54, 1.807) is 13.8 Å². The summed E-state index contributed by atoms with van der Waals surface area (Å²) >= 11 is 0. The van der Waals surface area contributed by atoms with Gasteiger partial charge in [0, 0.05) is 23.8 Å². The Morgan fingerprint density at radius 2 is 1.76 bits per heavy atom. The Labute approximate surface area is 221 Å². The molecular weight excluding hydrogens is 474 g/mol. The third-order valence-corrected chi connectivity index (χ3v) is 10.6. The fourth-order valence-corrected chi connectivity index (χ4v) is 8.45. The second-order valence-electron chi connectivity index (χ2n) is 13.4. The monoisotopic (exact) mass is 521 g/mol. The van der Waals surface area contributed by atoms with Gasteiger partial charge < -0.3 is 24.8 Å². The maximum Gasteiger partial charge on any atom is 0.320 e. The van der Waals surface area contributed by atoms with Crippen molar-refractivity contribution in [1.82, 2.24) is 4.90 Å². The van der Waals surface area contributed by atoms with Gasteiger partial charge in [0.15, 0.2) is 11.4 Å². The number of Topliss-reactive ketones (excluding diaryl/α,β-unsaturated/α-hetero) is 1. The van der Waals surface area contributed by atoms with E-state index in [9.17, 15) is 24.9 Å². The predicted octanol–water partition coefficient (Wildman–Crippen LogP) is 2.76. The van der Waals surface area contributed by atoms with Gasteiger partial charge >= 0.3 is 5.97 Å². The summed E-state index contributed by atoms with van der Waals surface area (Å²) in [4.78, 5) is 29.2. The highest BCUT2D eigenvalue weighted by Crippen LogP contribution is 2.67. The lowest BCUT2D eigenvalue weighted by atomic mass is 9.40. The summed E-state index contributed by atoms with van der Waals surface area (Å²) in [6, 6.07) is 0.311. The molecule has 8 nitrogen and oxygen atoms in total. The second kappa shape index (κ2) is 9.40. The van der Waals surface area contributed by atoms with Crippen molar-refractivity contribution in [2.45, 2.75) is 127 Å². The molecule has 3 saturated carbocycles. The average molecular weight is 522 g/mol. The lowest BCUT2D eigenvalue weighted by molar-refractivity contribution is -0.370. The lowest BCUT2D eigenvalue weighted by Gasteiger charge is -2.71. The molecule has 37 heavy (non-hydrogen) atoms. The van der Waals surface area contributed by atoms with Crippen molar-refractivity contribution in [3.8, 4) is 0 Å². The first-order valence-electron chi connectivity index (χ1n) is 13.9. The zero-order valence-electron chi connectivity index (χ0n) is 23.5. The molecule has 0 bridgehead atoms. The Balaban J connectivity index is 1.75. The van der Waals surface area contributed by atoms with Crippen molar-refractivity contribution in [3.05, 3.63) is 12.7 Å². The van der Waals surface area contributed by atoms with Crippen LogP contribution in [-0.4, -0.2) is 86.7 Å². The number of likely N-dealkylation sites (N-methyl/N-ethyl adjacent to an activating group) is 1. The molecule has 3 N–H and O–H groups in total. The first-order chi connectivity index (χ1) is 17.1. The Hall–Kier alpha value is -1.32. The Morgan fingerprint density at radius 3 is 2.35 bits per heavy atom. The molecule has 0 aromatic rings. The number of hydrogen-bond donors (Lipinski definition) is 3. The standard InChI is InChI=1S/C29H47NO7/c1-8-26(4)16-20(32)29(35)27(5)19(31)14-15-25(2,3)23(27)22(24(34)28(29,6)37-26)36-21(33)17-30(7)18-12-10-9-11-13-18/h8,18-19,22-24,31,34-35H,1,9-17H2,2-7H3/t19-,22?,23?,24?,26-,27?,28+,29-/m0/s1. The number of carbonyl (C=O) groups excluding carboxylic acids is 2. The van der Waals surface area contributed by atoms with Crippen LogP contribution in [0.25, 0.3) is 0 Å². The minimum atomic E-state index is -2.20. The molecule has 0 aromatic heterocycles. The molecule has 4 rings (SSSR count). The number of ketones is 1. The third-order valence-electron chi connectivity index (χ3n) is 10.6. The number of fused-ring (bicyclic) bond motifs is 3. The first kappa shape index (κ1) is 28.7. The average Bonchev–Trinajstić information content (AvgIpc) is 2.83. The molecule has 0 amide bonds. The summed E-state index contributed by atoms with van der Waals surface area (Å²) in [5, 5.41) is 35.7. The number of aliphatic hydroxyl groups excluding tert-OH is 2. The highest BCUT2D eigenvalue weighted by molar-refractivity contribution is 5.92. The zero-order chi connectivity index (χ0) is 27.6. The van der Waals surface area contributed by atoms with E-state index in [1.165, 1.54) is 19.4 Å². The van der Waals surface area contributed by atoms with Crippen LogP contribution in [-0.2, 0) is 19.1 Å². The normalized spacial score (nSPS) is 46.2.